The number of pyridine rings is 1. The highest BCUT2D eigenvalue weighted by Crippen LogP contribution is 2.24. The fraction of sp³-hybridized carbons (Fsp3) is 0.235. The van der Waals surface area contributed by atoms with E-state index in [9.17, 15) is 4.79 Å². The third-order valence-corrected chi connectivity index (χ3v) is 4.85. The summed E-state index contributed by atoms with van der Waals surface area (Å²) in [5, 5.41) is 0.698. The third kappa shape index (κ3) is 3.12. The van der Waals surface area contributed by atoms with Gasteiger partial charge < -0.3 is 9.30 Å². The van der Waals surface area contributed by atoms with E-state index < -0.39 is 5.97 Å². The molecule has 0 fully saturated rings. The zero-order valence-corrected chi connectivity index (χ0v) is 16.3. The van der Waals surface area contributed by atoms with Crippen molar-refractivity contribution in [2.45, 2.75) is 20.4 Å². The summed E-state index contributed by atoms with van der Waals surface area (Å²) in [5.74, 6) is 0.356. The second-order valence-electron chi connectivity index (χ2n) is 5.47. The molecule has 2 aromatic heterocycles. The van der Waals surface area contributed by atoms with E-state index in [1.807, 2.05) is 36.6 Å². The first-order valence-electron chi connectivity index (χ1n) is 7.27. The Labute approximate surface area is 158 Å². The average molecular weight is 456 g/mol. The largest absolute Gasteiger partial charge is 0.464 e. The van der Waals surface area contributed by atoms with Gasteiger partial charge in [0.15, 0.2) is 11.3 Å². The molecule has 3 rings (SSSR count). The quantitative estimate of drug-likeness (QED) is 0.440. The maximum Gasteiger partial charge on any atom is 0.356 e. The summed E-state index contributed by atoms with van der Waals surface area (Å²) >= 11 is 8.58. The van der Waals surface area contributed by atoms with Crippen LogP contribution in [0.1, 0.15) is 27.4 Å². The van der Waals surface area contributed by atoms with E-state index in [1.54, 1.807) is 6.07 Å². The predicted molar refractivity (Wildman–Crippen MR) is 102 cm³/mol. The van der Waals surface area contributed by atoms with Crippen LogP contribution in [0.4, 0.5) is 0 Å². The van der Waals surface area contributed by atoms with Crippen LogP contribution in [0.5, 0.6) is 0 Å². The van der Waals surface area contributed by atoms with Crippen LogP contribution >= 0.6 is 34.2 Å². The normalized spacial score (nSPS) is 11.0. The summed E-state index contributed by atoms with van der Waals surface area (Å²) in [6, 6.07) is 7.62. The van der Waals surface area contributed by atoms with Crippen molar-refractivity contribution < 1.29 is 9.53 Å². The van der Waals surface area contributed by atoms with E-state index in [0.29, 0.717) is 17.2 Å². The first-order chi connectivity index (χ1) is 11.4. The second-order valence-corrected chi connectivity index (χ2v) is 7.12. The lowest BCUT2D eigenvalue weighted by molar-refractivity contribution is 0.0594. The van der Waals surface area contributed by atoms with E-state index in [-0.39, 0.29) is 5.69 Å². The Bertz CT molecular complexity index is 953. The number of fused-ring (bicyclic) bond motifs is 1. The molecule has 0 spiro atoms. The van der Waals surface area contributed by atoms with Crippen molar-refractivity contribution >= 4 is 51.3 Å². The van der Waals surface area contributed by atoms with Gasteiger partial charge in [0.1, 0.15) is 11.3 Å². The molecule has 0 bridgehead atoms. The molecule has 0 atom stereocenters. The first kappa shape index (κ1) is 17.2. The molecule has 0 saturated heterocycles. The first-order valence-corrected chi connectivity index (χ1v) is 8.73. The number of esters is 1. The van der Waals surface area contributed by atoms with Crippen LogP contribution in [0.2, 0.25) is 5.02 Å². The van der Waals surface area contributed by atoms with Crippen LogP contribution in [0.15, 0.2) is 24.3 Å². The molecule has 0 radical (unpaired) electrons. The summed E-state index contributed by atoms with van der Waals surface area (Å²) < 4.78 is 7.82. The van der Waals surface area contributed by atoms with E-state index in [0.717, 1.165) is 26.0 Å². The van der Waals surface area contributed by atoms with Crippen molar-refractivity contribution in [2.24, 2.45) is 0 Å². The van der Waals surface area contributed by atoms with Gasteiger partial charge in [-0.2, -0.15) is 0 Å². The summed E-state index contributed by atoms with van der Waals surface area (Å²) in [5.41, 5.74) is 3.57. The Hall–Kier alpha value is -1.67. The Morgan fingerprint density at radius 2 is 2.04 bits per heavy atom. The standard InChI is InChI=1S/C17H15ClIN3O2/c1-9-6-14(17(23)24-3)21-16-15(9)20-10(2)22(16)8-11-4-5-12(19)7-13(11)18/h4-7H,8H2,1-3H3. The van der Waals surface area contributed by atoms with Crippen LogP contribution in [0, 0.1) is 17.4 Å². The number of carbonyl (C=O) groups excluding carboxylic acids is 1. The molecule has 0 unspecified atom stereocenters. The zero-order valence-electron chi connectivity index (χ0n) is 13.4. The SMILES string of the molecule is COC(=O)c1cc(C)c2nc(C)n(Cc3ccc(I)cc3Cl)c2n1. The number of carbonyl (C=O) groups is 1. The summed E-state index contributed by atoms with van der Waals surface area (Å²) in [7, 11) is 1.34. The Morgan fingerprint density at radius 1 is 1.29 bits per heavy atom. The van der Waals surface area contributed by atoms with Gasteiger partial charge in [-0.15, -0.1) is 0 Å². The molecule has 7 heteroatoms. The fourth-order valence-corrected chi connectivity index (χ4v) is 3.49. The van der Waals surface area contributed by atoms with Gasteiger partial charge in [-0.1, -0.05) is 17.7 Å². The molecule has 3 aromatic rings. The van der Waals surface area contributed by atoms with E-state index >= 15 is 0 Å². The molecule has 124 valence electrons. The van der Waals surface area contributed by atoms with Gasteiger partial charge in [-0.3, -0.25) is 0 Å². The van der Waals surface area contributed by atoms with Crippen LogP contribution in [0.3, 0.4) is 0 Å². The minimum Gasteiger partial charge on any atom is -0.464 e. The monoisotopic (exact) mass is 455 g/mol. The van der Waals surface area contributed by atoms with E-state index in [1.165, 1.54) is 7.11 Å². The molecule has 0 saturated carbocycles. The van der Waals surface area contributed by atoms with Crippen molar-refractivity contribution in [3.63, 3.8) is 0 Å². The number of benzene rings is 1. The molecule has 0 aliphatic heterocycles. The molecule has 0 N–H and O–H groups in total. The molecule has 5 nitrogen and oxygen atoms in total. The number of methoxy groups -OCH3 is 1. The van der Waals surface area contributed by atoms with Crippen molar-refractivity contribution in [3.8, 4) is 0 Å². The number of aromatic nitrogens is 3. The van der Waals surface area contributed by atoms with Gasteiger partial charge in [-0.05, 0) is 65.8 Å². The summed E-state index contributed by atoms with van der Waals surface area (Å²) in [6.07, 6.45) is 0. The van der Waals surface area contributed by atoms with Gasteiger partial charge in [0, 0.05) is 8.59 Å². The molecular weight excluding hydrogens is 441 g/mol. The molecule has 1 aromatic carbocycles. The van der Waals surface area contributed by atoms with E-state index in [4.69, 9.17) is 16.3 Å². The van der Waals surface area contributed by atoms with Crippen LogP contribution in [-0.4, -0.2) is 27.6 Å². The molecule has 0 aliphatic carbocycles. The maximum absolute atomic E-state index is 11.8. The summed E-state index contributed by atoms with van der Waals surface area (Å²) in [6.45, 7) is 4.36. The van der Waals surface area contributed by atoms with Gasteiger partial charge in [0.25, 0.3) is 0 Å². The third-order valence-electron chi connectivity index (χ3n) is 3.82. The fourth-order valence-electron chi connectivity index (χ4n) is 2.57. The van der Waals surface area contributed by atoms with Crippen molar-refractivity contribution in [1.29, 1.82) is 0 Å². The highest BCUT2D eigenvalue weighted by molar-refractivity contribution is 14.1. The molecule has 0 aliphatic rings. The Morgan fingerprint density at radius 3 is 2.71 bits per heavy atom. The number of nitrogens with zero attached hydrogens (tertiary/aromatic N) is 3. The average Bonchev–Trinajstić information content (AvgIpc) is 2.86. The molecule has 0 amide bonds. The second kappa shape index (κ2) is 6.68. The van der Waals surface area contributed by atoms with Crippen molar-refractivity contribution in [2.75, 3.05) is 7.11 Å². The number of aryl methyl sites for hydroxylation is 2. The number of halogens is 2. The Balaban J connectivity index is 2.14. The number of hydrogen-bond acceptors (Lipinski definition) is 4. The Kier molecular flexibility index (Phi) is 4.78. The lowest BCUT2D eigenvalue weighted by Gasteiger charge is -2.09. The maximum atomic E-state index is 11.8. The molecule has 24 heavy (non-hydrogen) atoms. The van der Waals surface area contributed by atoms with E-state index in [2.05, 4.69) is 32.6 Å². The predicted octanol–water partition coefficient (Wildman–Crippen LogP) is 4.14. The lowest BCUT2D eigenvalue weighted by atomic mass is 10.2. The van der Waals surface area contributed by atoms with Crippen molar-refractivity contribution in [3.05, 3.63) is 55.5 Å². The number of hydrogen-bond donors (Lipinski definition) is 0. The lowest BCUT2D eigenvalue weighted by Crippen LogP contribution is -2.08. The zero-order chi connectivity index (χ0) is 17.4. The van der Waals surface area contributed by atoms with Gasteiger partial charge >= 0.3 is 5.97 Å². The summed E-state index contributed by atoms with van der Waals surface area (Å²) in [4.78, 5) is 20.9. The molecule has 2 heterocycles. The smallest absolute Gasteiger partial charge is 0.356 e. The van der Waals surface area contributed by atoms with Crippen LogP contribution in [-0.2, 0) is 11.3 Å². The van der Waals surface area contributed by atoms with Crippen LogP contribution < -0.4 is 0 Å². The minimum atomic E-state index is -0.460. The topological polar surface area (TPSA) is 57.0 Å². The number of rotatable bonds is 3. The number of ether oxygens (including phenoxy) is 1. The highest BCUT2D eigenvalue weighted by atomic mass is 127. The molecular formula is C17H15ClIN3O2. The highest BCUT2D eigenvalue weighted by Gasteiger charge is 2.17. The van der Waals surface area contributed by atoms with Gasteiger partial charge in [-0.25, -0.2) is 14.8 Å². The number of imidazole rings is 1. The van der Waals surface area contributed by atoms with Crippen molar-refractivity contribution in [1.82, 2.24) is 14.5 Å². The van der Waals surface area contributed by atoms with Crippen LogP contribution in [0.25, 0.3) is 11.2 Å². The van der Waals surface area contributed by atoms with Gasteiger partial charge in [0.2, 0.25) is 0 Å². The van der Waals surface area contributed by atoms with Gasteiger partial charge in [0.05, 0.1) is 13.7 Å². The minimum absolute atomic E-state index is 0.275.